The highest BCUT2D eigenvalue weighted by Gasteiger charge is 2.19. The average Bonchev–Trinajstić information content (AvgIpc) is 2.46. The summed E-state index contributed by atoms with van der Waals surface area (Å²) in [7, 11) is -2.63. The van der Waals surface area contributed by atoms with E-state index in [4.69, 9.17) is 0 Å². The maximum Gasteiger partial charge on any atom is 0.297 e. The Morgan fingerprint density at radius 1 is 1.20 bits per heavy atom. The average molecular weight is 310 g/mol. The van der Waals surface area contributed by atoms with Crippen molar-refractivity contribution in [2.24, 2.45) is 0 Å². The fourth-order valence-corrected chi connectivity index (χ4v) is 3.05. The minimum absolute atomic E-state index is 0.104. The second-order valence-electron chi connectivity index (χ2n) is 4.00. The summed E-state index contributed by atoms with van der Waals surface area (Å²) in [5.41, 5.74) is 1.86. The van der Waals surface area contributed by atoms with Crippen LogP contribution in [-0.2, 0) is 14.3 Å². The third-order valence-corrected chi connectivity index (χ3v) is 4.55. The Labute approximate surface area is 122 Å². The van der Waals surface area contributed by atoms with Crippen molar-refractivity contribution in [3.05, 3.63) is 36.0 Å². The van der Waals surface area contributed by atoms with Crippen LogP contribution in [0.25, 0.3) is 11.3 Å². The highest BCUT2D eigenvalue weighted by molar-refractivity contribution is 7.98. The van der Waals surface area contributed by atoms with E-state index in [9.17, 15) is 8.42 Å². The number of hydrogen-bond donors (Lipinski definition) is 0. The van der Waals surface area contributed by atoms with E-state index in [1.165, 1.54) is 17.8 Å². The molecule has 7 heteroatoms. The maximum absolute atomic E-state index is 12.0. The molecule has 20 heavy (non-hydrogen) atoms. The molecule has 2 rings (SSSR count). The van der Waals surface area contributed by atoms with Gasteiger partial charge < -0.3 is 0 Å². The van der Waals surface area contributed by atoms with Gasteiger partial charge in [-0.25, -0.2) is 9.97 Å². The van der Waals surface area contributed by atoms with Crippen LogP contribution in [0.5, 0.6) is 0 Å². The Hall–Kier alpha value is -1.44. The number of aryl methyl sites for hydroxylation is 1. The van der Waals surface area contributed by atoms with Gasteiger partial charge in [-0.3, -0.25) is 4.18 Å². The Morgan fingerprint density at radius 3 is 2.55 bits per heavy atom. The zero-order chi connectivity index (χ0) is 14.8. The summed E-state index contributed by atoms with van der Waals surface area (Å²) in [6.07, 6.45) is 1.87. The van der Waals surface area contributed by atoms with Crippen molar-refractivity contribution in [3.8, 4) is 11.3 Å². The lowest BCUT2D eigenvalue weighted by Crippen LogP contribution is -2.05. The number of thioether (sulfide) groups is 1. The third-order valence-electron chi connectivity index (χ3n) is 2.67. The van der Waals surface area contributed by atoms with Crippen molar-refractivity contribution in [2.45, 2.75) is 17.0 Å². The van der Waals surface area contributed by atoms with Crippen LogP contribution in [0, 0.1) is 6.92 Å². The minimum atomic E-state index is -3.78. The van der Waals surface area contributed by atoms with E-state index in [2.05, 4.69) is 14.2 Å². The van der Waals surface area contributed by atoms with Gasteiger partial charge in [0.05, 0.1) is 12.8 Å². The predicted molar refractivity (Wildman–Crippen MR) is 78.2 cm³/mol. The first-order valence-electron chi connectivity index (χ1n) is 5.77. The van der Waals surface area contributed by atoms with Crippen molar-refractivity contribution in [1.29, 1.82) is 0 Å². The monoisotopic (exact) mass is 310 g/mol. The summed E-state index contributed by atoms with van der Waals surface area (Å²) >= 11 is 1.41. The van der Waals surface area contributed by atoms with Crippen LogP contribution in [0.3, 0.4) is 0 Å². The predicted octanol–water partition coefficient (Wildman–Crippen LogP) is 2.51. The number of hydrogen-bond acceptors (Lipinski definition) is 6. The fourth-order valence-electron chi connectivity index (χ4n) is 1.76. The van der Waals surface area contributed by atoms with E-state index in [1.54, 1.807) is 24.3 Å². The summed E-state index contributed by atoms with van der Waals surface area (Å²) in [5.74, 6) is 0. The summed E-state index contributed by atoms with van der Waals surface area (Å²) in [6.45, 7) is 1.85. The van der Waals surface area contributed by atoms with Crippen LogP contribution >= 0.6 is 11.8 Å². The molecule has 1 aromatic heterocycles. The molecule has 0 amide bonds. The van der Waals surface area contributed by atoms with E-state index >= 15 is 0 Å². The van der Waals surface area contributed by atoms with Gasteiger partial charge in [0.1, 0.15) is 4.90 Å². The second-order valence-corrected chi connectivity index (χ2v) is 6.45. The smallest absolute Gasteiger partial charge is 0.270 e. The number of rotatable bonds is 4. The first-order valence-corrected chi connectivity index (χ1v) is 8.41. The van der Waals surface area contributed by atoms with Gasteiger partial charge >= 0.3 is 0 Å². The Kier molecular flexibility index (Phi) is 4.42. The fraction of sp³-hybridized carbons (Fsp3) is 0.231. The van der Waals surface area contributed by atoms with Crippen LogP contribution < -0.4 is 0 Å². The SMILES string of the molecule is COS(=O)(=O)c1ccccc1-c1cc(C)nc(SC)n1. The number of aromatic nitrogens is 2. The van der Waals surface area contributed by atoms with Crippen molar-refractivity contribution in [1.82, 2.24) is 9.97 Å². The first-order chi connectivity index (χ1) is 9.47. The van der Waals surface area contributed by atoms with E-state index in [0.29, 0.717) is 16.4 Å². The lowest BCUT2D eigenvalue weighted by Gasteiger charge is -2.09. The minimum Gasteiger partial charge on any atom is -0.270 e. The van der Waals surface area contributed by atoms with Gasteiger partial charge in [-0.2, -0.15) is 8.42 Å². The molecule has 5 nitrogen and oxygen atoms in total. The molecule has 0 atom stereocenters. The van der Waals surface area contributed by atoms with Crippen LogP contribution in [0.1, 0.15) is 5.69 Å². The summed E-state index contributed by atoms with van der Waals surface area (Å²) < 4.78 is 28.5. The summed E-state index contributed by atoms with van der Waals surface area (Å²) in [4.78, 5) is 8.73. The molecular formula is C13H14N2O3S2. The van der Waals surface area contributed by atoms with Crippen LogP contribution in [0.15, 0.2) is 40.4 Å². The Morgan fingerprint density at radius 2 is 1.90 bits per heavy atom. The van der Waals surface area contributed by atoms with Crippen molar-refractivity contribution >= 4 is 21.9 Å². The summed E-state index contributed by atoms with van der Waals surface area (Å²) in [6, 6.07) is 8.38. The molecule has 2 aromatic rings. The quantitative estimate of drug-likeness (QED) is 0.491. The molecule has 0 saturated carbocycles. The molecule has 0 fully saturated rings. The lowest BCUT2D eigenvalue weighted by molar-refractivity contribution is 0.398. The molecule has 0 bridgehead atoms. The Balaban J connectivity index is 2.68. The highest BCUT2D eigenvalue weighted by Crippen LogP contribution is 2.28. The van der Waals surface area contributed by atoms with Crippen LogP contribution in [0.4, 0.5) is 0 Å². The first kappa shape index (κ1) is 15.0. The van der Waals surface area contributed by atoms with Crippen molar-refractivity contribution < 1.29 is 12.6 Å². The highest BCUT2D eigenvalue weighted by atomic mass is 32.2. The Bertz CT molecular complexity index is 730. The molecule has 0 N–H and O–H groups in total. The molecule has 106 valence electrons. The second kappa shape index (κ2) is 5.90. The molecule has 0 spiro atoms. The summed E-state index contributed by atoms with van der Waals surface area (Å²) in [5, 5.41) is 0.601. The molecule has 0 unspecified atom stereocenters. The lowest BCUT2D eigenvalue weighted by atomic mass is 10.1. The van der Waals surface area contributed by atoms with E-state index < -0.39 is 10.1 Å². The normalized spacial score (nSPS) is 11.6. The third kappa shape index (κ3) is 3.00. The van der Waals surface area contributed by atoms with Crippen molar-refractivity contribution in [2.75, 3.05) is 13.4 Å². The number of benzene rings is 1. The van der Waals surface area contributed by atoms with Gasteiger partial charge in [0.2, 0.25) is 0 Å². The van der Waals surface area contributed by atoms with Gasteiger partial charge in [-0.05, 0) is 25.3 Å². The van der Waals surface area contributed by atoms with Crippen LogP contribution in [-0.4, -0.2) is 31.8 Å². The zero-order valence-corrected chi connectivity index (χ0v) is 13.0. The number of nitrogens with zero attached hydrogens (tertiary/aromatic N) is 2. The molecule has 1 aromatic carbocycles. The standard InChI is InChI=1S/C13H14N2O3S2/c1-9-8-11(15-13(14-9)19-3)10-6-4-5-7-12(10)20(16,17)18-2/h4-8H,1-3H3. The van der Waals surface area contributed by atoms with E-state index in [0.717, 1.165) is 12.8 Å². The molecule has 0 aliphatic heterocycles. The zero-order valence-electron chi connectivity index (χ0n) is 11.3. The molecule has 0 aliphatic rings. The van der Waals surface area contributed by atoms with Crippen LogP contribution in [0.2, 0.25) is 0 Å². The van der Waals surface area contributed by atoms with E-state index in [1.807, 2.05) is 13.2 Å². The molecule has 0 saturated heterocycles. The molecule has 1 heterocycles. The van der Waals surface area contributed by atoms with E-state index in [-0.39, 0.29) is 4.90 Å². The molecule has 0 radical (unpaired) electrons. The van der Waals surface area contributed by atoms with Crippen molar-refractivity contribution in [3.63, 3.8) is 0 Å². The van der Waals surface area contributed by atoms with Gasteiger partial charge in [-0.15, -0.1) is 0 Å². The van der Waals surface area contributed by atoms with Gasteiger partial charge in [0.15, 0.2) is 5.16 Å². The topological polar surface area (TPSA) is 69.2 Å². The van der Waals surface area contributed by atoms with Gasteiger partial charge in [0, 0.05) is 11.3 Å². The molecule has 0 aliphatic carbocycles. The molecular weight excluding hydrogens is 296 g/mol. The maximum atomic E-state index is 12.0. The van der Waals surface area contributed by atoms with Gasteiger partial charge in [0.25, 0.3) is 10.1 Å². The largest absolute Gasteiger partial charge is 0.297 e. The van der Waals surface area contributed by atoms with Gasteiger partial charge in [-0.1, -0.05) is 30.0 Å².